The number of aldehydes is 1. The van der Waals surface area contributed by atoms with Crippen molar-refractivity contribution in [2.45, 2.75) is 33.3 Å². The van der Waals surface area contributed by atoms with E-state index in [1.807, 2.05) is 20.8 Å². The van der Waals surface area contributed by atoms with E-state index in [0.29, 0.717) is 0 Å². The van der Waals surface area contributed by atoms with Crippen molar-refractivity contribution in [3.63, 3.8) is 0 Å². The summed E-state index contributed by atoms with van der Waals surface area (Å²) in [4.78, 5) is 9.90. The highest BCUT2D eigenvalue weighted by atomic mass is 16.3. The third kappa shape index (κ3) is 3.25. The molecule has 0 fully saturated rings. The van der Waals surface area contributed by atoms with Gasteiger partial charge in [-0.2, -0.15) is 0 Å². The normalized spacial score (nSPS) is 15.1. The Morgan fingerprint density at radius 1 is 1.56 bits per heavy atom. The van der Waals surface area contributed by atoms with Gasteiger partial charge < -0.3 is 9.90 Å². The molecule has 0 aromatic carbocycles. The van der Waals surface area contributed by atoms with Crippen molar-refractivity contribution in [3.05, 3.63) is 0 Å². The van der Waals surface area contributed by atoms with E-state index in [-0.39, 0.29) is 11.8 Å². The topological polar surface area (TPSA) is 37.3 Å². The van der Waals surface area contributed by atoms with Crippen molar-refractivity contribution in [1.29, 1.82) is 0 Å². The van der Waals surface area contributed by atoms with Crippen molar-refractivity contribution in [1.82, 2.24) is 0 Å². The summed E-state index contributed by atoms with van der Waals surface area (Å²) in [5.41, 5.74) is -0.166. The molecule has 0 aromatic rings. The molecule has 2 heteroatoms. The molecule has 0 aromatic heterocycles. The molecular weight excluding hydrogens is 116 g/mol. The maximum Gasteiger partial charge on any atom is 0.122 e. The highest BCUT2D eigenvalue weighted by Crippen LogP contribution is 2.20. The number of carbonyl (C=O) groups excluding carboxylic acids is 1. The Labute approximate surface area is 55.9 Å². The summed E-state index contributed by atoms with van der Waals surface area (Å²) in [6, 6.07) is 0. The van der Waals surface area contributed by atoms with Crippen molar-refractivity contribution in [3.8, 4) is 0 Å². The Morgan fingerprint density at radius 3 is 2.11 bits per heavy atom. The maximum atomic E-state index is 9.90. The van der Waals surface area contributed by atoms with Gasteiger partial charge in [-0.25, -0.2) is 0 Å². The third-order valence-electron chi connectivity index (χ3n) is 1.32. The lowest BCUT2D eigenvalue weighted by Crippen LogP contribution is -2.25. The smallest absolute Gasteiger partial charge is 0.122 e. The van der Waals surface area contributed by atoms with Gasteiger partial charge in [0.1, 0.15) is 6.29 Å². The van der Waals surface area contributed by atoms with Crippen LogP contribution in [0.25, 0.3) is 0 Å². The van der Waals surface area contributed by atoms with Crippen LogP contribution in [-0.2, 0) is 4.79 Å². The molecule has 0 rings (SSSR count). The van der Waals surface area contributed by atoms with E-state index in [4.69, 9.17) is 5.11 Å². The average molecular weight is 130 g/mol. The van der Waals surface area contributed by atoms with Crippen molar-refractivity contribution in [2.75, 3.05) is 0 Å². The van der Waals surface area contributed by atoms with Crippen LogP contribution in [0.4, 0.5) is 0 Å². The summed E-state index contributed by atoms with van der Waals surface area (Å²) in [6.07, 6.45) is 0.481. The van der Waals surface area contributed by atoms with E-state index in [9.17, 15) is 4.79 Å². The predicted molar refractivity (Wildman–Crippen MR) is 36.1 cm³/mol. The first kappa shape index (κ1) is 8.63. The van der Waals surface area contributed by atoms with Crippen LogP contribution in [0.15, 0.2) is 0 Å². The van der Waals surface area contributed by atoms with Crippen LogP contribution in [0.3, 0.4) is 0 Å². The van der Waals surface area contributed by atoms with Gasteiger partial charge in [0.25, 0.3) is 0 Å². The highest BCUT2D eigenvalue weighted by molar-refractivity contribution is 5.50. The molecule has 0 saturated heterocycles. The van der Waals surface area contributed by atoms with E-state index in [1.54, 1.807) is 0 Å². The molecule has 0 saturated carbocycles. The first-order valence-electron chi connectivity index (χ1n) is 3.10. The zero-order chi connectivity index (χ0) is 7.49. The molecule has 2 nitrogen and oxygen atoms in total. The average Bonchev–Trinajstić information content (AvgIpc) is 1.64. The first-order chi connectivity index (χ1) is 3.98. The summed E-state index contributed by atoms with van der Waals surface area (Å²) in [5.74, 6) is 0. The van der Waals surface area contributed by atoms with Gasteiger partial charge in [-0.05, 0) is 5.41 Å². The van der Waals surface area contributed by atoms with Crippen LogP contribution >= 0.6 is 0 Å². The predicted octanol–water partition coefficient (Wildman–Crippen LogP) is 0.982. The highest BCUT2D eigenvalue weighted by Gasteiger charge is 2.20. The molecule has 0 unspecified atom stereocenters. The van der Waals surface area contributed by atoms with Gasteiger partial charge in [0.15, 0.2) is 0 Å². The summed E-state index contributed by atoms with van der Waals surface area (Å²) in [5, 5.41) is 9.15. The Bertz CT molecular complexity index is 91.6. The van der Waals surface area contributed by atoms with Gasteiger partial charge in [-0.15, -0.1) is 0 Å². The van der Waals surface area contributed by atoms with Gasteiger partial charge >= 0.3 is 0 Å². The molecule has 1 N–H and O–H groups in total. The largest absolute Gasteiger partial charge is 0.392 e. The molecule has 0 aliphatic carbocycles. The lowest BCUT2D eigenvalue weighted by atomic mass is 9.88. The van der Waals surface area contributed by atoms with E-state index in [0.717, 1.165) is 6.29 Å². The molecule has 9 heavy (non-hydrogen) atoms. The number of hydrogen-bond acceptors (Lipinski definition) is 2. The second kappa shape index (κ2) is 2.97. The Hall–Kier alpha value is -0.370. The minimum atomic E-state index is -0.505. The SMILES string of the molecule is CC(C)(C)[C@@H](O)CC=O. The fourth-order valence-corrected chi connectivity index (χ4v) is 0.445. The minimum Gasteiger partial charge on any atom is -0.392 e. The van der Waals surface area contributed by atoms with Crippen LogP contribution in [0.2, 0.25) is 0 Å². The van der Waals surface area contributed by atoms with Gasteiger partial charge in [0.05, 0.1) is 6.10 Å². The van der Waals surface area contributed by atoms with E-state index in [2.05, 4.69) is 0 Å². The van der Waals surface area contributed by atoms with E-state index in [1.165, 1.54) is 0 Å². The molecule has 1 atom stereocenters. The zero-order valence-corrected chi connectivity index (χ0v) is 6.22. The van der Waals surface area contributed by atoms with Gasteiger partial charge in [-0.3, -0.25) is 0 Å². The summed E-state index contributed by atoms with van der Waals surface area (Å²) in [6.45, 7) is 5.71. The Morgan fingerprint density at radius 2 is 2.00 bits per heavy atom. The number of aliphatic hydroxyl groups excluding tert-OH is 1. The zero-order valence-electron chi connectivity index (χ0n) is 6.22. The quantitative estimate of drug-likeness (QED) is 0.566. The third-order valence-corrected chi connectivity index (χ3v) is 1.32. The van der Waals surface area contributed by atoms with Gasteiger partial charge in [0, 0.05) is 6.42 Å². The van der Waals surface area contributed by atoms with Crippen molar-refractivity contribution in [2.24, 2.45) is 5.41 Å². The van der Waals surface area contributed by atoms with E-state index < -0.39 is 6.10 Å². The fraction of sp³-hybridized carbons (Fsp3) is 0.857. The molecule has 0 aliphatic rings. The monoisotopic (exact) mass is 130 g/mol. The molecule has 0 amide bonds. The second-order valence-electron chi connectivity index (χ2n) is 3.28. The molecule has 0 heterocycles. The van der Waals surface area contributed by atoms with Crippen LogP contribution in [0, 0.1) is 5.41 Å². The minimum absolute atomic E-state index is 0.166. The number of rotatable bonds is 2. The standard InChI is InChI=1S/C7H14O2/c1-7(2,3)6(9)4-5-8/h5-6,9H,4H2,1-3H3/t6-/m0/s1. The number of hydrogen-bond donors (Lipinski definition) is 1. The van der Waals surface area contributed by atoms with Crippen LogP contribution in [-0.4, -0.2) is 17.5 Å². The van der Waals surface area contributed by atoms with Crippen molar-refractivity contribution < 1.29 is 9.90 Å². The lowest BCUT2D eigenvalue weighted by Gasteiger charge is -2.23. The van der Waals surface area contributed by atoms with Gasteiger partial charge in [0.2, 0.25) is 0 Å². The first-order valence-corrected chi connectivity index (χ1v) is 3.10. The molecule has 0 radical (unpaired) electrons. The second-order valence-corrected chi connectivity index (χ2v) is 3.28. The molecule has 54 valence electrons. The van der Waals surface area contributed by atoms with E-state index >= 15 is 0 Å². The lowest BCUT2D eigenvalue weighted by molar-refractivity contribution is -0.110. The fourth-order valence-electron chi connectivity index (χ4n) is 0.445. The molecular formula is C7H14O2. The molecule has 0 spiro atoms. The molecule has 0 aliphatic heterocycles. The van der Waals surface area contributed by atoms with Crippen LogP contribution < -0.4 is 0 Å². The summed E-state index contributed by atoms with van der Waals surface area (Å²) < 4.78 is 0. The number of carbonyl (C=O) groups is 1. The number of aliphatic hydroxyl groups is 1. The Kier molecular flexibility index (Phi) is 2.85. The summed E-state index contributed by atoms with van der Waals surface area (Å²) >= 11 is 0. The van der Waals surface area contributed by atoms with Crippen LogP contribution in [0.5, 0.6) is 0 Å². The van der Waals surface area contributed by atoms with Crippen molar-refractivity contribution >= 4 is 6.29 Å². The Balaban J connectivity index is 3.72. The molecule has 0 bridgehead atoms. The van der Waals surface area contributed by atoms with Crippen LogP contribution in [0.1, 0.15) is 27.2 Å². The van der Waals surface area contributed by atoms with Gasteiger partial charge in [-0.1, -0.05) is 20.8 Å². The summed E-state index contributed by atoms with van der Waals surface area (Å²) in [7, 11) is 0. The maximum absolute atomic E-state index is 9.90.